The van der Waals surface area contributed by atoms with Gasteiger partial charge in [-0.2, -0.15) is 0 Å². The number of hydrogen-bond donors (Lipinski definition) is 0. The molecule has 92 valence electrons. The van der Waals surface area contributed by atoms with Crippen LogP contribution in [0.15, 0.2) is 47.6 Å². The fraction of sp³-hybridized carbons (Fsp3) is 0.143. The fourth-order valence-corrected chi connectivity index (χ4v) is 1.64. The van der Waals surface area contributed by atoms with Crippen molar-refractivity contribution < 1.29 is 0 Å². The highest BCUT2D eigenvalue weighted by molar-refractivity contribution is 6.32. The fourth-order valence-electron chi connectivity index (χ4n) is 1.47. The van der Waals surface area contributed by atoms with Crippen molar-refractivity contribution in [3.63, 3.8) is 0 Å². The van der Waals surface area contributed by atoms with Crippen LogP contribution in [0.25, 0.3) is 0 Å². The lowest BCUT2D eigenvalue weighted by atomic mass is 10.2. The highest BCUT2D eigenvalue weighted by Gasteiger charge is 1.97. The van der Waals surface area contributed by atoms with Gasteiger partial charge in [0.05, 0.1) is 5.02 Å². The third-order valence-electron chi connectivity index (χ3n) is 2.48. The van der Waals surface area contributed by atoms with Crippen LogP contribution in [-0.4, -0.2) is 25.3 Å². The van der Waals surface area contributed by atoms with Gasteiger partial charge in [-0.15, -0.1) is 0 Å². The molecule has 0 atom stereocenters. The monoisotopic (exact) mass is 259 g/mol. The molecule has 1 aromatic carbocycles. The highest BCUT2D eigenvalue weighted by Crippen LogP contribution is 2.20. The molecule has 0 aliphatic carbocycles. The zero-order chi connectivity index (χ0) is 13.0. The molecule has 0 spiro atoms. The summed E-state index contributed by atoms with van der Waals surface area (Å²) in [5.41, 5.74) is 2.17. The number of aromatic nitrogens is 1. The topological polar surface area (TPSA) is 28.5 Å². The van der Waals surface area contributed by atoms with Crippen LogP contribution in [0.4, 0.5) is 11.5 Å². The number of anilines is 1. The van der Waals surface area contributed by atoms with Gasteiger partial charge < -0.3 is 4.90 Å². The van der Waals surface area contributed by atoms with Gasteiger partial charge in [-0.25, -0.2) is 9.98 Å². The molecule has 0 aliphatic heterocycles. The minimum atomic E-state index is 0.538. The molecule has 0 amide bonds. The SMILES string of the molecule is CN(C)c1ccc(/C=N/c2ncccc2Cl)cc1. The first-order valence-corrected chi connectivity index (χ1v) is 5.96. The molecule has 0 saturated carbocycles. The molecule has 18 heavy (non-hydrogen) atoms. The summed E-state index contributed by atoms with van der Waals surface area (Å²) in [5.74, 6) is 0.538. The lowest BCUT2D eigenvalue weighted by Crippen LogP contribution is -2.08. The van der Waals surface area contributed by atoms with E-state index in [9.17, 15) is 0 Å². The van der Waals surface area contributed by atoms with Crippen molar-refractivity contribution in [2.45, 2.75) is 0 Å². The number of pyridine rings is 1. The first-order valence-electron chi connectivity index (χ1n) is 5.59. The van der Waals surface area contributed by atoms with Crippen LogP contribution in [0.1, 0.15) is 5.56 Å². The normalized spacial score (nSPS) is 10.8. The molecule has 1 heterocycles. The quantitative estimate of drug-likeness (QED) is 0.789. The standard InChI is InChI=1S/C14H14ClN3/c1-18(2)12-7-5-11(6-8-12)10-17-14-13(15)4-3-9-16-14/h3-10H,1-2H3/b17-10+. The van der Waals surface area contributed by atoms with Gasteiger partial charge in [0.1, 0.15) is 0 Å². The molecule has 0 radical (unpaired) electrons. The Morgan fingerprint density at radius 3 is 2.50 bits per heavy atom. The molecule has 0 bridgehead atoms. The van der Waals surface area contributed by atoms with Crippen molar-refractivity contribution in [3.8, 4) is 0 Å². The maximum atomic E-state index is 5.97. The molecule has 3 nitrogen and oxygen atoms in total. The number of aliphatic imine (C=N–C) groups is 1. The second-order valence-electron chi connectivity index (χ2n) is 4.05. The highest BCUT2D eigenvalue weighted by atomic mass is 35.5. The minimum absolute atomic E-state index is 0.538. The summed E-state index contributed by atoms with van der Waals surface area (Å²) < 4.78 is 0. The smallest absolute Gasteiger partial charge is 0.170 e. The zero-order valence-corrected chi connectivity index (χ0v) is 11.1. The van der Waals surface area contributed by atoms with Crippen LogP contribution in [0, 0.1) is 0 Å². The average Bonchev–Trinajstić information content (AvgIpc) is 2.38. The summed E-state index contributed by atoms with van der Waals surface area (Å²) in [6, 6.07) is 11.7. The third kappa shape index (κ3) is 3.08. The number of halogens is 1. The van der Waals surface area contributed by atoms with Gasteiger partial charge in [0, 0.05) is 32.2 Å². The maximum absolute atomic E-state index is 5.97. The zero-order valence-electron chi connectivity index (χ0n) is 10.3. The van der Waals surface area contributed by atoms with Crippen LogP contribution in [0.3, 0.4) is 0 Å². The minimum Gasteiger partial charge on any atom is -0.378 e. The van der Waals surface area contributed by atoms with Gasteiger partial charge in [-0.05, 0) is 29.8 Å². The van der Waals surface area contributed by atoms with Gasteiger partial charge >= 0.3 is 0 Å². The molecular weight excluding hydrogens is 246 g/mol. The van der Waals surface area contributed by atoms with Crippen molar-refractivity contribution in [2.75, 3.05) is 19.0 Å². The van der Waals surface area contributed by atoms with E-state index in [4.69, 9.17) is 11.6 Å². The van der Waals surface area contributed by atoms with E-state index < -0.39 is 0 Å². The molecule has 0 saturated heterocycles. The van der Waals surface area contributed by atoms with Gasteiger partial charge in [0.25, 0.3) is 0 Å². The largest absolute Gasteiger partial charge is 0.378 e. The van der Waals surface area contributed by atoms with Gasteiger partial charge in [-0.3, -0.25) is 0 Å². The summed E-state index contributed by atoms with van der Waals surface area (Å²) >= 11 is 5.97. The van der Waals surface area contributed by atoms with Crippen molar-refractivity contribution >= 4 is 29.3 Å². The van der Waals surface area contributed by atoms with E-state index in [0.29, 0.717) is 10.8 Å². The van der Waals surface area contributed by atoms with Gasteiger partial charge in [-0.1, -0.05) is 23.7 Å². The Labute approximate surface area is 112 Å². The van der Waals surface area contributed by atoms with Crippen LogP contribution in [-0.2, 0) is 0 Å². The first kappa shape index (κ1) is 12.6. The number of rotatable bonds is 3. The molecule has 0 unspecified atom stereocenters. The summed E-state index contributed by atoms with van der Waals surface area (Å²) in [5, 5.41) is 0.554. The number of nitrogens with zero attached hydrogens (tertiary/aromatic N) is 3. The molecule has 4 heteroatoms. The Morgan fingerprint density at radius 2 is 1.89 bits per heavy atom. The Morgan fingerprint density at radius 1 is 1.17 bits per heavy atom. The lowest BCUT2D eigenvalue weighted by Gasteiger charge is -2.11. The Hall–Kier alpha value is -1.87. The van der Waals surface area contributed by atoms with Crippen molar-refractivity contribution in [1.29, 1.82) is 0 Å². The van der Waals surface area contributed by atoms with E-state index in [2.05, 4.69) is 14.9 Å². The molecular formula is C14H14ClN3. The Balaban J connectivity index is 2.17. The molecule has 2 aromatic rings. The molecule has 1 aromatic heterocycles. The summed E-state index contributed by atoms with van der Waals surface area (Å²) in [7, 11) is 4.02. The summed E-state index contributed by atoms with van der Waals surface area (Å²) in [6.45, 7) is 0. The summed E-state index contributed by atoms with van der Waals surface area (Å²) in [4.78, 5) is 10.4. The first-order chi connectivity index (χ1) is 8.66. The van der Waals surface area contributed by atoms with Crippen LogP contribution in [0.5, 0.6) is 0 Å². The van der Waals surface area contributed by atoms with Crippen molar-refractivity contribution in [2.24, 2.45) is 4.99 Å². The van der Waals surface area contributed by atoms with Crippen molar-refractivity contribution in [3.05, 3.63) is 53.2 Å². The van der Waals surface area contributed by atoms with Gasteiger partial charge in [0.2, 0.25) is 0 Å². The van der Waals surface area contributed by atoms with E-state index >= 15 is 0 Å². The van der Waals surface area contributed by atoms with Crippen molar-refractivity contribution in [1.82, 2.24) is 4.98 Å². The lowest BCUT2D eigenvalue weighted by molar-refractivity contribution is 1.13. The van der Waals surface area contributed by atoms with Crippen LogP contribution >= 0.6 is 11.6 Å². The second kappa shape index (κ2) is 5.65. The van der Waals surface area contributed by atoms with Crippen LogP contribution in [0.2, 0.25) is 5.02 Å². The predicted molar refractivity (Wildman–Crippen MR) is 77.3 cm³/mol. The molecule has 0 aliphatic rings. The van der Waals surface area contributed by atoms with E-state index in [0.717, 1.165) is 11.3 Å². The number of benzene rings is 1. The number of hydrogen-bond acceptors (Lipinski definition) is 3. The van der Waals surface area contributed by atoms with E-state index in [1.165, 1.54) is 0 Å². The summed E-state index contributed by atoms with van der Waals surface area (Å²) in [6.07, 6.45) is 3.43. The second-order valence-corrected chi connectivity index (χ2v) is 4.46. The molecule has 0 fully saturated rings. The average molecular weight is 260 g/mol. The van der Waals surface area contributed by atoms with Crippen LogP contribution < -0.4 is 4.90 Å². The predicted octanol–water partition coefficient (Wildman–Crippen LogP) is 3.55. The molecule has 2 rings (SSSR count). The Kier molecular flexibility index (Phi) is 3.95. The van der Waals surface area contributed by atoms with E-state index in [-0.39, 0.29) is 0 Å². The van der Waals surface area contributed by atoms with E-state index in [1.54, 1.807) is 24.5 Å². The van der Waals surface area contributed by atoms with E-state index in [1.807, 2.05) is 38.4 Å². The maximum Gasteiger partial charge on any atom is 0.170 e. The molecule has 0 N–H and O–H groups in total. The third-order valence-corrected chi connectivity index (χ3v) is 2.78. The Bertz CT molecular complexity index is 547. The van der Waals surface area contributed by atoms with Gasteiger partial charge in [0.15, 0.2) is 5.82 Å².